The zero-order valence-corrected chi connectivity index (χ0v) is 8.46. The second kappa shape index (κ2) is 4.53. The maximum atomic E-state index is 10.1. The fraction of sp³-hybridized carbons (Fsp3) is 0.250. The first-order valence-electron chi connectivity index (χ1n) is 3.11. The van der Waals surface area contributed by atoms with Crippen molar-refractivity contribution in [2.75, 3.05) is 0 Å². The Kier molecular flexibility index (Phi) is 4.39. The van der Waals surface area contributed by atoms with Crippen LogP contribution in [0, 0.1) is 13.8 Å². The van der Waals surface area contributed by atoms with Crippen LogP contribution in [0.4, 0.5) is 0 Å². The Bertz CT molecular complexity index is 215. The molecule has 0 saturated heterocycles. The van der Waals surface area contributed by atoms with Gasteiger partial charge in [-0.25, -0.2) is 0 Å². The summed E-state index contributed by atoms with van der Waals surface area (Å²) in [5, 5.41) is 10.1. The first-order valence-corrected chi connectivity index (χ1v) is 3.11. The van der Waals surface area contributed by atoms with Gasteiger partial charge in [-0.2, -0.15) is 0 Å². The van der Waals surface area contributed by atoms with Crippen LogP contribution in [-0.4, -0.2) is 0 Å². The van der Waals surface area contributed by atoms with Gasteiger partial charge < -0.3 is 4.89 Å². The quantitative estimate of drug-likeness (QED) is 0.414. The predicted molar refractivity (Wildman–Crippen MR) is 37.2 cm³/mol. The second-order valence-corrected chi connectivity index (χ2v) is 2.30. The van der Waals surface area contributed by atoms with Crippen LogP contribution >= 0.6 is 0 Å². The van der Waals surface area contributed by atoms with E-state index in [0.717, 1.165) is 11.1 Å². The predicted octanol–water partition coefficient (Wildman–Crippen LogP) is 2.03. The molecule has 0 unspecified atom stereocenters. The Hall–Kier alpha value is -0.332. The largest absolute Gasteiger partial charge is 0.305 e. The van der Waals surface area contributed by atoms with Gasteiger partial charge >= 0.3 is 0 Å². The molecule has 0 aromatic heterocycles. The van der Waals surface area contributed by atoms with Crippen molar-refractivity contribution in [3.8, 4) is 5.75 Å². The van der Waals surface area contributed by atoms with Crippen LogP contribution in [0.5, 0.6) is 5.75 Å². The number of para-hydroxylation sites is 1. The summed E-state index contributed by atoms with van der Waals surface area (Å²) < 4.78 is 0. The van der Waals surface area contributed by atoms with Crippen molar-refractivity contribution in [1.29, 1.82) is 0 Å². The van der Waals surface area contributed by atoms with Gasteiger partial charge in [-0.1, -0.05) is 18.2 Å². The van der Waals surface area contributed by atoms with E-state index in [9.17, 15) is 5.26 Å². The molecule has 0 aliphatic heterocycles. The average Bonchev–Trinajstić information content (AvgIpc) is 1.88. The summed E-state index contributed by atoms with van der Waals surface area (Å²) >= 11 is 0. The van der Waals surface area contributed by atoms with E-state index in [-0.39, 0.29) is 21.1 Å². The third-order valence-corrected chi connectivity index (χ3v) is 1.49. The van der Waals surface area contributed by atoms with Crippen molar-refractivity contribution >= 4 is 0 Å². The molecule has 1 rings (SSSR count). The maximum Gasteiger partial charge on any atom is 0.174 e. The molecule has 0 aliphatic rings. The van der Waals surface area contributed by atoms with E-state index >= 15 is 0 Å². The molecule has 0 saturated carbocycles. The zero-order chi connectivity index (χ0) is 7.56. The van der Waals surface area contributed by atoms with Crippen LogP contribution in [0.1, 0.15) is 11.1 Å². The van der Waals surface area contributed by atoms with E-state index in [1.165, 1.54) is 0 Å². The first-order chi connectivity index (χ1) is 4.75. The summed E-state index contributed by atoms with van der Waals surface area (Å²) in [6, 6.07) is 5.59. The summed E-state index contributed by atoms with van der Waals surface area (Å²) in [5.41, 5.74) is 1.77. The Balaban J connectivity index is 0.000001000. The third kappa shape index (κ3) is 2.32. The summed E-state index contributed by atoms with van der Waals surface area (Å²) in [4.78, 5) is 3.93. The monoisotopic (exact) mass is 235 g/mol. The minimum absolute atomic E-state index is 0. The number of hydrogen-bond donors (Lipinski definition) is 0. The van der Waals surface area contributed by atoms with Gasteiger partial charge in [0, 0.05) is 26.3 Å². The summed E-state index contributed by atoms with van der Waals surface area (Å²) in [7, 11) is 0. The van der Waals surface area contributed by atoms with E-state index in [2.05, 4.69) is 4.89 Å². The summed E-state index contributed by atoms with van der Waals surface area (Å²) in [5.74, 6) is 0.447. The SMILES string of the molecule is Cc1cccc(C)c1O[O].[Mo]. The fourth-order valence-electron chi connectivity index (χ4n) is 0.931. The third-order valence-electron chi connectivity index (χ3n) is 1.49. The van der Waals surface area contributed by atoms with Gasteiger partial charge in [0.05, 0.1) is 0 Å². The van der Waals surface area contributed by atoms with Crippen LogP contribution in [0.15, 0.2) is 18.2 Å². The molecule has 1 radical (unpaired) electrons. The van der Waals surface area contributed by atoms with Crippen molar-refractivity contribution in [2.45, 2.75) is 13.8 Å². The number of hydrogen-bond acceptors (Lipinski definition) is 1. The Labute approximate surface area is 80.4 Å². The molecule has 0 aliphatic carbocycles. The molecule has 0 atom stereocenters. The van der Waals surface area contributed by atoms with E-state index < -0.39 is 0 Å². The first kappa shape index (κ1) is 10.7. The Morgan fingerprint density at radius 3 is 1.91 bits per heavy atom. The molecular formula is C8H9MoO2. The van der Waals surface area contributed by atoms with E-state index in [1.54, 1.807) is 0 Å². The maximum absolute atomic E-state index is 10.1. The van der Waals surface area contributed by atoms with E-state index in [4.69, 9.17) is 0 Å². The minimum atomic E-state index is 0. The van der Waals surface area contributed by atoms with Crippen molar-refractivity contribution in [3.63, 3.8) is 0 Å². The van der Waals surface area contributed by atoms with Crippen LogP contribution < -0.4 is 4.89 Å². The fourth-order valence-corrected chi connectivity index (χ4v) is 0.931. The molecular weight excluding hydrogens is 224 g/mol. The molecule has 0 bridgehead atoms. The molecule has 3 heteroatoms. The topological polar surface area (TPSA) is 29.1 Å². The molecule has 2 nitrogen and oxygen atoms in total. The van der Waals surface area contributed by atoms with Gasteiger partial charge in [-0.3, -0.25) is 0 Å². The van der Waals surface area contributed by atoms with Crippen molar-refractivity contribution in [3.05, 3.63) is 29.3 Å². The van der Waals surface area contributed by atoms with Crippen LogP contribution in [0.25, 0.3) is 0 Å². The molecule has 0 N–H and O–H groups in total. The summed E-state index contributed by atoms with van der Waals surface area (Å²) in [6.45, 7) is 3.69. The van der Waals surface area contributed by atoms with Crippen molar-refractivity contribution in [2.24, 2.45) is 0 Å². The molecule has 0 spiro atoms. The number of benzene rings is 1. The van der Waals surface area contributed by atoms with Crippen LogP contribution in [0.2, 0.25) is 0 Å². The van der Waals surface area contributed by atoms with Crippen LogP contribution in [0.3, 0.4) is 0 Å². The van der Waals surface area contributed by atoms with Gasteiger partial charge in [0.15, 0.2) is 5.75 Å². The standard InChI is InChI=1S/C8H9O2.Mo/c1-6-4-3-5-7(2)8(6)10-9;/h3-5H,1-2H3;. The van der Waals surface area contributed by atoms with Gasteiger partial charge in [0.25, 0.3) is 0 Å². The van der Waals surface area contributed by atoms with Crippen LogP contribution in [-0.2, 0) is 26.3 Å². The molecule has 0 fully saturated rings. The summed E-state index contributed by atoms with van der Waals surface area (Å²) in [6.07, 6.45) is 0. The minimum Gasteiger partial charge on any atom is -0.305 e. The van der Waals surface area contributed by atoms with E-state index in [0.29, 0.717) is 5.75 Å². The molecule has 59 valence electrons. The molecule has 1 aromatic carbocycles. The van der Waals surface area contributed by atoms with Gasteiger partial charge in [0.1, 0.15) is 0 Å². The van der Waals surface area contributed by atoms with Crippen molar-refractivity contribution in [1.82, 2.24) is 0 Å². The molecule has 0 heterocycles. The molecule has 1 aromatic rings. The number of rotatable bonds is 1. The van der Waals surface area contributed by atoms with Gasteiger partial charge in [0.2, 0.25) is 0 Å². The Morgan fingerprint density at radius 2 is 1.64 bits per heavy atom. The zero-order valence-electron chi connectivity index (χ0n) is 6.46. The van der Waals surface area contributed by atoms with Gasteiger partial charge in [-0.15, -0.1) is 0 Å². The smallest absolute Gasteiger partial charge is 0.174 e. The second-order valence-electron chi connectivity index (χ2n) is 2.30. The molecule has 11 heavy (non-hydrogen) atoms. The average molecular weight is 233 g/mol. The number of aryl methyl sites for hydroxylation is 2. The van der Waals surface area contributed by atoms with Crippen molar-refractivity contribution < 1.29 is 31.2 Å². The Morgan fingerprint density at radius 1 is 1.18 bits per heavy atom. The van der Waals surface area contributed by atoms with Gasteiger partial charge in [-0.05, 0) is 25.0 Å². The van der Waals surface area contributed by atoms with E-state index in [1.807, 2.05) is 32.0 Å². The normalized spacial score (nSPS) is 8.64. The molecule has 0 amide bonds.